The van der Waals surface area contributed by atoms with Crippen molar-refractivity contribution in [3.8, 4) is 12.3 Å². The van der Waals surface area contributed by atoms with Gasteiger partial charge in [-0.25, -0.2) is 9.78 Å². The molecule has 10 heteroatoms. The van der Waals surface area contributed by atoms with Crippen LogP contribution in [-0.4, -0.2) is 43.9 Å². The molecule has 0 spiro atoms. The van der Waals surface area contributed by atoms with Gasteiger partial charge in [-0.1, -0.05) is 5.92 Å². The van der Waals surface area contributed by atoms with E-state index in [2.05, 4.69) is 26.2 Å². The lowest BCUT2D eigenvalue weighted by Gasteiger charge is -2.24. The lowest BCUT2D eigenvalue weighted by Crippen LogP contribution is -2.38. The first-order valence-electron chi connectivity index (χ1n) is 8.08. The quantitative estimate of drug-likeness (QED) is 0.623. The molecule has 0 aromatic carbocycles. The van der Waals surface area contributed by atoms with Crippen LogP contribution in [0.5, 0.6) is 0 Å². The maximum Gasteiger partial charge on any atom is 0.407 e. The van der Waals surface area contributed by atoms with Gasteiger partial charge in [-0.3, -0.25) is 4.57 Å². The third kappa shape index (κ3) is 3.39. The number of nitrogens with zero attached hydrogens (tertiary/aromatic N) is 4. The van der Waals surface area contributed by atoms with Crippen molar-refractivity contribution in [1.29, 1.82) is 0 Å². The Hall–Kier alpha value is -2.93. The number of nitrogens with two attached hydrogens (primary N) is 1. The summed E-state index contributed by atoms with van der Waals surface area (Å²) in [6.07, 6.45) is 5.95. The summed E-state index contributed by atoms with van der Waals surface area (Å²) in [4.78, 5) is 23.0. The van der Waals surface area contributed by atoms with Gasteiger partial charge in [0.2, 0.25) is 0 Å². The normalized spacial score (nSPS) is 22.5. The van der Waals surface area contributed by atoms with E-state index in [-0.39, 0.29) is 29.6 Å². The number of hydrogen-bond donors (Lipinski definition) is 2. The molecule has 0 bridgehead atoms. The van der Waals surface area contributed by atoms with Crippen molar-refractivity contribution in [2.45, 2.75) is 44.6 Å². The third-order valence-electron chi connectivity index (χ3n) is 3.99. The monoisotopic (exact) mass is 362 g/mol. The van der Waals surface area contributed by atoms with E-state index < -0.39 is 24.0 Å². The van der Waals surface area contributed by atoms with Crippen LogP contribution in [0.1, 0.15) is 32.9 Å². The summed E-state index contributed by atoms with van der Waals surface area (Å²) >= 11 is 0. The molecule has 2 aromatic rings. The molecule has 2 atom stereocenters. The van der Waals surface area contributed by atoms with Gasteiger partial charge < -0.3 is 20.5 Å². The standard InChI is InChI=1S/C16H19FN6O3/c1-4-16(7-25-15(24)20-9(2)3)6-5-10(26-16)23-8-19-11-12(18)21-14(17)22-13(11)23/h1,8-10H,5-7H2,2-3H3,(H,20,24)(H2,18,21,22)/t10?,16-/m0/s1. The first-order valence-corrected chi connectivity index (χ1v) is 8.08. The molecular weight excluding hydrogens is 343 g/mol. The smallest absolute Gasteiger partial charge is 0.407 e. The number of terminal acetylenes is 1. The number of ether oxygens (including phenoxy) is 2. The molecule has 0 aliphatic carbocycles. The fraction of sp³-hybridized carbons (Fsp3) is 0.500. The minimum absolute atomic E-state index is 0.0545. The van der Waals surface area contributed by atoms with Gasteiger partial charge in [-0.05, 0) is 26.7 Å². The van der Waals surface area contributed by atoms with Crippen LogP contribution in [0.2, 0.25) is 0 Å². The molecule has 0 saturated carbocycles. The van der Waals surface area contributed by atoms with Crippen molar-refractivity contribution >= 4 is 23.1 Å². The molecule has 26 heavy (non-hydrogen) atoms. The van der Waals surface area contributed by atoms with Crippen LogP contribution in [0, 0.1) is 18.4 Å². The van der Waals surface area contributed by atoms with E-state index >= 15 is 0 Å². The van der Waals surface area contributed by atoms with Gasteiger partial charge in [0.05, 0.1) is 6.33 Å². The van der Waals surface area contributed by atoms with E-state index in [4.69, 9.17) is 21.6 Å². The molecule has 3 heterocycles. The molecule has 1 aliphatic heterocycles. The van der Waals surface area contributed by atoms with Crippen LogP contribution >= 0.6 is 0 Å². The predicted octanol–water partition coefficient (Wildman–Crippen LogP) is 1.36. The number of rotatable bonds is 4. The Morgan fingerprint density at radius 2 is 2.42 bits per heavy atom. The van der Waals surface area contributed by atoms with E-state index in [1.54, 1.807) is 4.57 Å². The number of carbonyl (C=O) groups is 1. The maximum absolute atomic E-state index is 13.5. The van der Waals surface area contributed by atoms with Crippen molar-refractivity contribution in [3.05, 3.63) is 12.4 Å². The van der Waals surface area contributed by atoms with Crippen molar-refractivity contribution in [1.82, 2.24) is 24.8 Å². The summed E-state index contributed by atoms with van der Waals surface area (Å²) in [6, 6.07) is -0.0566. The van der Waals surface area contributed by atoms with Gasteiger partial charge in [0.15, 0.2) is 22.6 Å². The molecule has 0 radical (unpaired) electrons. The maximum atomic E-state index is 13.5. The van der Waals surface area contributed by atoms with E-state index in [9.17, 15) is 9.18 Å². The number of hydrogen-bond acceptors (Lipinski definition) is 7. The summed E-state index contributed by atoms with van der Waals surface area (Å²) in [6.45, 7) is 3.53. The average molecular weight is 362 g/mol. The molecule has 9 nitrogen and oxygen atoms in total. The molecule has 1 unspecified atom stereocenters. The summed E-state index contributed by atoms with van der Waals surface area (Å²) in [5, 5.41) is 2.61. The molecule has 1 amide bonds. The second-order valence-electron chi connectivity index (χ2n) is 6.33. The van der Waals surface area contributed by atoms with Crippen molar-refractivity contribution < 1.29 is 18.7 Å². The van der Waals surface area contributed by atoms with Gasteiger partial charge in [0.25, 0.3) is 0 Å². The topological polar surface area (TPSA) is 117 Å². The highest BCUT2D eigenvalue weighted by molar-refractivity contribution is 5.81. The zero-order valence-corrected chi connectivity index (χ0v) is 14.4. The second-order valence-corrected chi connectivity index (χ2v) is 6.33. The number of nitrogen functional groups attached to an aromatic ring is 1. The second kappa shape index (κ2) is 6.76. The molecule has 2 aromatic heterocycles. The number of fused-ring (bicyclic) bond motifs is 1. The van der Waals surface area contributed by atoms with Gasteiger partial charge in [-0.2, -0.15) is 14.4 Å². The summed E-state index contributed by atoms with van der Waals surface area (Å²) in [5.41, 5.74) is 5.08. The average Bonchev–Trinajstić information content (AvgIpc) is 3.17. The highest BCUT2D eigenvalue weighted by atomic mass is 19.1. The SMILES string of the molecule is C#C[C@@]1(COC(=O)NC(C)C)CCC(n2cnc3c(N)nc(F)nc32)O1. The Morgan fingerprint density at radius 1 is 1.65 bits per heavy atom. The number of amides is 1. The molecule has 138 valence electrons. The predicted molar refractivity (Wildman–Crippen MR) is 90.2 cm³/mol. The zero-order valence-electron chi connectivity index (χ0n) is 14.4. The summed E-state index contributed by atoms with van der Waals surface area (Å²) in [7, 11) is 0. The molecule has 1 saturated heterocycles. The Morgan fingerprint density at radius 3 is 3.12 bits per heavy atom. The first kappa shape index (κ1) is 17.9. The lowest BCUT2D eigenvalue weighted by atomic mass is 10.0. The van der Waals surface area contributed by atoms with Crippen LogP contribution in [0.4, 0.5) is 15.0 Å². The Bertz CT molecular complexity index is 877. The third-order valence-corrected chi connectivity index (χ3v) is 3.99. The van der Waals surface area contributed by atoms with Crippen LogP contribution in [-0.2, 0) is 9.47 Å². The van der Waals surface area contributed by atoms with Crippen LogP contribution < -0.4 is 11.1 Å². The molecule has 1 aliphatic rings. The number of nitrogens with one attached hydrogen (secondary N) is 1. The minimum Gasteiger partial charge on any atom is -0.445 e. The van der Waals surface area contributed by atoms with E-state index in [1.807, 2.05) is 13.8 Å². The van der Waals surface area contributed by atoms with Crippen LogP contribution in [0.3, 0.4) is 0 Å². The largest absolute Gasteiger partial charge is 0.445 e. The minimum atomic E-state index is -1.08. The summed E-state index contributed by atoms with van der Waals surface area (Å²) in [5.74, 6) is 2.50. The molecule has 3 N–H and O–H groups in total. The summed E-state index contributed by atoms with van der Waals surface area (Å²) < 4.78 is 26.2. The van der Waals surface area contributed by atoms with Crippen molar-refractivity contribution in [2.75, 3.05) is 12.3 Å². The molecule has 3 rings (SSSR count). The Kier molecular flexibility index (Phi) is 4.65. The van der Waals surface area contributed by atoms with Gasteiger partial charge in [-0.15, -0.1) is 6.42 Å². The fourth-order valence-corrected chi connectivity index (χ4v) is 2.77. The van der Waals surface area contributed by atoms with Crippen molar-refractivity contribution in [2.24, 2.45) is 0 Å². The van der Waals surface area contributed by atoms with Gasteiger partial charge >= 0.3 is 12.2 Å². The fourth-order valence-electron chi connectivity index (χ4n) is 2.77. The van der Waals surface area contributed by atoms with E-state index in [1.165, 1.54) is 6.33 Å². The van der Waals surface area contributed by atoms with Crippen LogP contribution in [0.25, 0.3) is 11.2 Å². The van der Waals surface area contributed by atoms with E-state index in [0.29, 0.717) is 12.8 Å². The van der Waals surface area contributed by atoms with Gasteiger partial charge in [0.1, 0.15) is 12.8 Å². The number of halogens is 1. The zero-order chi connectivity index (χ0) is 18.9. The number of anilines is 1. The Labute approximate surface area is 149 Å². The number of imidazole rings is 1. The van der Waals surface area contributed by atoms with Gasteiger partial charge in [0, 0.05) is 6.04 Å². The molecular formula is C16H19FN6O3. The lowest BCUT2D eigenvalue weighted by molar-refractivity contribution is -0.0645. The van der Waals surface area contributed by atoms with E-state index in [0.717, 1.165) is 0 Å². The van der Waals surface area contributed by atoms with Crippen LogP contribution in [0.15, 0.2) is 6.33 Å². The number of alkyl carbamates (subject to hydrolysis) is 1. The highest BCUT2D eigenvalue weighted by Gasteiger charge is 2.41. The highest BCUT2D eigenvalue weighted by Crippen LogP contribution is 2.37. The van der Waals surface area contributed by atoms with Crippen molar-refractivity contribution in [3.63, 3.8) is 0 Å². The molecule has 1 fully saturated rings. The number of aromatic nitrogens is 4. The first-order chi connectivity index (χ1) is 12.3. The number of carbonyl (C=O) groups excluding carboxylic acids is 1. The Balaban J connectivity index is 1.77.